The number of benzene rings is 6. The fourth-order valence-electron chi connectivity index (χ4n) is 8.16. The van der Waals surface area contributed by atoms with Gasteiger partial charge in [-0.25, -0.2) is 0 Å². The number of nitrogens with zero attached hydrogens (tertiary/aromatic N) is 4. The predicted octanol–water partition coefficient (Wildman–Crippen LogP) is 10.3. The van der Waals surface area contributed by atoms with Crippen molar-refractivity contribution in [3.63, 3.8) is 0 Å². The van der Waals surface area contributed by atoms with E-state index >= 15 is 0 Å². The highest BCUT2D eigenvalue weighted by molar-refractivity contribution is 6.31. The average molecular weight is 630 g/mol. The van der Waals surface area contributed by atoms with Crippen LogP contribution in [0.4, 0.5) is 0 Å². The van der Waals surface area contributed by atoms with Crippen LogP contribution in [0, 0.1) is 0 Å². The number of aromatic nitrogens is 4. The zero-order valence-electron chi connectivity index (χ0n) is 24.2. The molecule has 0 atom stereocenters. The maximum Gasteiger partial charge on any atom is 0.227 e. The molecule has 8 aromatic rings. The molecule has 46 heavy (non-hydrogen) atoms. The van der Waals surface area contributed by atoms with E-state index in [9.17, 15) is 0 Å². The number of rotatable bonds is 3. The summed E-state index contributed by atoms with van der Waals surface area (Å²) in [6.45, 7) is 0. The van der Waals surface area contributed by atoms with Crippen molar-refractivity contribution in [2.24, 2.45) is 0 Å². The predicted molar refractivity (Wildman–Crippen MR) is 186 cm³/mol. The highest BCUT2D eigenvalue weighted by atomic mass is 35.5. The first kappa shape index (κ1) is 26.0. The molecule has 10 rings (SSSR count). The van der Waals surface area contributed by atoms with Crippen LogP contribution in [0.15, 0.2) is 133 Å². The van der Waals surface area contributed by atoms with Crippen LogP contribution in [0.3, 0.4) is 0 Å². The van der Waals surface area contributed by atoms with E-state index in [0.717, 1.165) is 33.5 Å². The quantitative estimate of drug-likeness (QED) is 0.195. The first-order valence-electron chi connectivity index (χ1n) is 15.2. The van der Waals surface area contributed by atoms with Crippen molar-refractivity contribution >= 4 is 45.0 Å². The molecule has 6 aromatic carbocycles. The minimum atomic E-state index is -0.703. The first-order chi connectivity index (χ1) is 22.7. The van der Waals surface area contributed by atoms with Gasteiger partial charge in [-0.2, -0.15) is 15.0 Å². The Bertz CT molecular complexity index is 2500. The van der Waals surface area contributed by atoms with Gasteiger partial charge >= 0.3 is 0 Å². The average Bonchev–Trinajstić information content (AvgIpc) is 3.55. The van der Waals surface area contributed by atoms with Crippen LogP contribution in [0.5, 0.6) is 0 Å². The van der Waals surface area contributed by atoms with E-state index in [1.165, 1.54) is 44.1 Å². The van der Waals surface area contributed by atoms with Gasteiger partial charge in [0.25, 0.3) is 0 Å². The van der Waals surface area contributed by atoms with Gasteiger partial charge in [0.05, 0.1) is 22.1 Å². The third-order valence-corrected chi connectivity index (χ3v) is 10.1. The van der Waals surface area contributed by atoms with Crippen LogP contribution >= 0.6 is 23.2 Å². The molecule has 0 saturated carbocycles. The van der Waals surface area contributed by atoms with Gasteiger partial charge in [-0.3, -0.25) is 0 Å². The molecule has 2 aliphatic rings. The van der Waals surface area contributed by atoms with Gasteiger partial charge in [-0.05, 0) is 68.7 Å². The van der Waals surface area contributed by atoms with Gasteiger partial charge in [0, 0.05) is 27.5 Å². The summed E-state index contributed by atoms with van der Waals surface area (Å²) < 4.78 is 2.46. The monoisotopic (exact) mass is 628 g/mol. The second kappa shape index (κ2) is 9.37. The van der Waals surface area contributed by atoms with Crippen molar-refractivity contribution in [2.45, 2.75) is 5.41 Å². The fourth-order valence-corrected chi connectivity index (χ4v) is 8.52. The Kier molecular flexibility index (Phi) is 5.29. The van der Waals surface area contributed by atoms with E-state index in [4.69, 9.17) is 23.2 Å². The van der Waals surface area contributed by atoms with Gasteiger partial charge in [0.2, 0.25) is 10.6 Å². The third kappa shape index (κ3) is 3.22. The van der Waals surface area contributed by atoms with E-state index in [-0.39, 0.29) is 10.6 Å². The molecule has 216 valence electrons. The maximum atomic E-state index is 6.45. The van der Waals surface area contributed by atoms with E-state index in [0.29, 0.717) is 5.82 Å². The lowest BCUT2D eigenvalue weighted by atomic mass is 9.66. The van der Waals surface area contributed by atoms with Crippen molar-refractivity contribution in [1.29, 1.82) is 0 Å². The standard InChI is InChI=1S/C40H22Cl2N4/c41-38-43-37(44-39(42)45-38)29-20-19-27-25-15-7-9-17-31(25)46-32-18-10-8-16-26(32)28-21-22-30-34(36(28)46)33(27)35(29)40(30,23-11-3-1-4-12-23)24-13-5-2-6-14-24/h1-22H. The Morgan fingerprint density at radius 1 is 0.500 bits per heavy atom. The summed E-state index contributed by atoms with van der Waals surface area (Å²) in [5.41, 5.74) is 13.0. The normalized spacial score (nSPS) is 13.6. The van der Waals surface area contributed by atoms with Crippen molar-refractivity contribution in [3.8, 4) is 39.3 Å². The smallest absolute Gasteiger partial charge is 0.227 e. The number of hydrogen-bond donors (Lipinski definition) is 0. The minimum Gasteiger partial charge on any atom is -0.308 e. The lowest BCUT2D eigenvalue weighted by Crippen LogP contribution is -2.29. The lowest BCUT2D eigenvalue weighted by molar-refractivity contribution is 0.769. The van der Waals surface area contributed by atoms with Crippen molar-refractivity contribution in [3.05, 3.63) is 166 Å². The summed E-state index contributed by atoms with van der Waals surface area (Å²) in [5.74, 6) is 0.446. The van der Waals surface area contributed by atoms with Crippen molar-refractivity contribution < 1.29 is 0 Å². The summed E-state index contributed by atoms with van der Waals surface area (Å²) >= 11 is 12.9. The molecule has 0 bridgehead atoms. The minimum absolute atomic E-state index is 0.0607. The molecule has 0 N–H and O–H groups in total. The second-order valence-corrected chi connectivity index (χ2v) is 12.5. The Labute approximate surface area is 274 Å². The highest BCUT2D eigenvalue weighted by Gasteiger charge is 2.50. The van der Waals surface area contributed by atoms with Crippen LogP contribution in [-0.2, 0) is 5.41 Å². The Hall–Kier alpha value is -5.29. The van der Waals surface area contributed by atoms with Crippen LogP contribution < -0.4 is 0 Å². The largest absolute Gasteiger partial charge is 0.308 e. The summed E-state index contributed by atoms with van der Waals surface area (Å²) in [4.78, 5) is 13.4. The molecule has 0 amide bonds. The summed E-state index contributed by atoms with van der Waals surface area (Å²) in [7, 11) is 0. The summed E-state index contributed by atoms with van der Waals surface area (Å²) in [6, 6.07) is 48.0. The molecule has 1 aliphatic carbocycles. The maximum absolute atomic E-state index is 6.45. The molecule has 0 unspecified atom stereocenters. The Morgan fingerprint density at radius 2 is 1.13 bits per heavy atom. The van der Waals surface area contributed by atoms with Gasteiger partial charge in [0.1, 0.15) is 0 Å². The van der Waals surface area contributed by atoms with Crippen molar-refractivity contribution in [1.82, 2.24) is 19.5 Å². The zero-order valence-corrected chi connectivity index (χ0v) is 25.8. The van der Waals surface area contributed by atoms with E-state index in [2.05, 4.69) is 153 Å². The van der Waals surface area contributed by atoms with Gasteiger partial charge in [-0.15, -0.1) is 0 Å². The molecular weight excluding hydrogens is 607 g/mol. The van der Waals surface area contributed by atoms with Crippen LogP contribution in [-0.4, -0.2) is 19.5 Å². The summed E-state index contributed by atoms with van der Waals surface area (Å²) in [6.07, 6.45) is 0. The molecule has 1 aliphatic heterocycles. The number of halogens is 2. The van der Waals surface area contributed by atoms with Crippen LogP contribution in [0.1, 0.15) is 22.3 Å². The van der Waals surface area contributed by atoms with Crippen molar-refractivity contribution in [2.75, 3.05) is 0 Å². The molecule has 0 saturated heterocycles. The van der Waals surface area contributed by atoms with E-state index in [1.54, 1.807) is 0 Å². The molecule has 0 fully saturated rings. The summed E-state index contributed by atoms with van der Waals surface area (Å²) in [5, 5.41) is 2.57. The topological polar surface area (TPSA) is 43.6 Å². The Balaban J connectivity index is 1.52. The first-order valence-corrected chi connectivity index (χ1v) is 15.9. The van der Waals surface area contributed by atoms with E-state index in [1.807, 2.05) is 0 Å². The lowest BCUT2D eigenvalue weighted by Gasteiger charge is -2.35. The third-order valence-electron chi connectivity index (χ3n) is 9.74. The number of fused-ring (bicyclic) bond motifs is 6. The van der Waals surface area contributed by atoms with Crippen LogP contribution in [0.25, 0.3) is 61.1 Å². The SMILES string of the molecule is Clc1nc(Cl)nc(-c2ccc3c4c2C(c2ccccc2)(c2ccccc2)c2ccc5c6ccccc6n(c5c2-4)-c2ccccc2-3)n1. The molecule has 4 nitrogen and oxygen atoms in total. The van der Waals surface area contributed by atoms with Crippen LogP contribution in [0.2, 0.25) is 10.6 Å². The fraction of sp³-hybridized carbons (Fsp3) is 0.0250. The molecule has 2 aromatic heterocycles. The van der Waals surface area contributed by atoms with Gasteiger partial charge in [0.15, 0.2) is 5.82 Å². The molecule has 6 heteroatoms. The Morgan fingerprint density at radius 3 is 1.87 bits per heavy atom. The molecule has 0 radical (unpaired) electrons. The van der Waals surface area contributed by atoms with E-state index < -0.39 is 5.41 Å². The molecular formula is C40H22Cl2N4. The zero-order chi connectivity index (χ0) is 30.6. The number of hydrogen-bond acceptors (Lipinski definition) is 3. The number of para-hydroxylation sites is 2. The molecule has 0 spiro atoms. The molecule has 3 heterocycles. The highest BCUT2D eigenvalue weighted by Crippen LogP contribution is 2.64. The second-order valence-electron chi connectivity index (χ2n) is 11.8. The van der Waals surface area contributed by atoms with Gasteiger partial charge in [-0.1, -0.05) is 121 Å². The van der Waals surface area contributed by atoms with Gasteiger partial charge < -0.3 is 4.57 Å².